The number of rotatable bonds is 7. The number of ether oxygens (including phenoxy) is 1. The molecule has 174 valence electrons. The fourth-order valence-electron chi connectivity index (χ4n) is 4.30. The molecule has 0 atom stereocenters. The number of carbonyl (C=O) groups excluding carboxylic acids is 1. The van der Waals surface area contributed by atoms with E-state index in [9.17, 15) is 4.79 Å². The molecule has 1 aromatic carbocycles. The minimum Gasteiger partial charge on any atom is -0.466 e. The van der Waals surface area contributed by atoms with Gasteiger partial charge in [-0.15, -0.1) is 24.0 Å². The van der Waals surface area contributed by atoms with Crippen molar-refractivity contribution in [1.82, 2.24) is 15.1 Å². The third-order valence-corrected chi connectivity index (χ3v) is 6.04. The monoisotopic (exact) mass is 542 g/mol. The first kappa shape index (κ1) is 25.9. The maximum atomic E-state index is 12.0. The second-order valence-corrected chi connectivity index (χ2v) is 8.34. The fraction of sp³-hybridized carbons (Fsp3) is 0.667. The van der Waals surface area contributed by atoms with E-state index in [1.54, 1.807) is 0 Å². The standard InChI is InChI=1S/C24H38N4O2.HI/c1-3-25-24(28-16-12-22(13-17-28)23(29)30-4-2)26-18-20-8-10-21(11-9-20)19-27-14-6-5-7-15-27;/h8-11,22H,3-7,12-19H2,1-2H3,(H,25,26);1H. The highest BCUT2D eigenvalue weighted by atomic mass is 127. The van der Waals surface area contributed by atoms with Crippen LogP contribution in [0.1, 0.15) is 57.1 Å². The van der Waals surface area contributed by atoms with Crippen LogP contribution in [0.5, 0.6) is 0 Å². The Morgan fingerprint density at radius 3 is 2.29 bits per heavy atom. The first-order valence-corrected chi connectivity index (χ1v) is 11.7. The lowest BCUT2D eigenvalue weighted by Gasteiger charge is -2.33. The number of carbonyl (C=O) groups is 1. The number of aliphatic imine (C=N–C) groups is 1. The average molecular weight is 543 g/mol. The van der Waals surface area contributed by atoms with Gasteiger partial charge in [0, 0.05) is 26.2 Å². The molecule has 0 saturated carbocycles. The Hall–Kier alpha value is -1.35. The number of piperidine rings is 2. The Kier molecular flexibility index (Phi) is 11.6. The normalized spacial score (nSPS) is 18.4. The molecule has 3 rings (SSSR count). The van der Waals surface area contributed by atoms with Gasteiger partial charge in [0.05, 0.1) is 19.1 Å². The van der Waals surface area contributed by atoms with Gasteiger partial charge in [-0.3, -0.25) is 9.69 Å². The number of nitrogens with one attached hydrogen (secondary N) is 1. The van der Waals surface area contributed by atoms with Crippen LogP contribution < -0.4 is 5.32 Å². The van der Waals surface area contributed by atoms with Crippen molar-refractivity contribution in [2.24, 2.45) is 10.9 Å². The van der Waals surface area contributed by atoms with Crippen molar-refractivity contribution in [1.29, 1.82) is 0 Å². The molecule has 2 fully saturated rings. The van der Waals surface area contributed by atoms with Crippen molar-refractivity contribution in [3.8, 4) is 0 Å². The van der Waals surface area contributed by atoms with E-state index in [1.807, 2.05) is 6.92 Å². The van der Waals surface area contributed by atoms with E-state index in [0.717, 1.165) is 45.0 Å². The lowest BCUT2D eigenvalue weighted by Crippen LogP contribution is -2.46. The third-order valence-electron chi connectivity index (χ3n) is 6.04. The van der Waals surface area contributed by atoms with Crippen LogP contribution in [0.15, 0.2) is 29.3 Å². The van der Waals surface area contributed by atoms with Crippen molar-refractivity contribution in [2.75, 3.05) is 39.3 Å². The number of halogens is 1. The van der Waals surface area contributed by atoms with Crippen LogP contribution in [-0.2, 0) is 22.6 Å². The molecule has 2 saturated heterocycles. The van der Waals surface area contributed by atoms with Gasteiger partial charge in [-0.05, 0) is 63.7 Å². The molecule has 0 aromatic heterocycles. The molecule has 7 heteroatoms. The summed E-state index contributed by atoms with van der Waals surface area (Å²) in [5, 5.41) is 3.41. The first-order valence-electron chi connectivity index (χ1n) is 11.7. The van der Waals surface area contributed by atoms with E-state index in [1.165, 1.54) is 43.5 Å². The zero-order valence-electron chi connectivity index (χ0n) is 19.1. The summed E-state index contributed by atoms with van der Waals surface area (Å²) in [5.74, 6) is 0.914. The van der Waals surface area contributed by atoms with E-state index in [0.29, 0.717) is 13.2 Å². The van der Waals surface area contributed by atoms with Crippen molar-refractivity contribution >= 4 is 35.9 Å². The Balaban J connectivity index is 0.00000341. The number of benzene rings is 1. The van der Waals surface area contributed by atoms with Crippen LogP contribution >= 0.6 is 24.0 Å². The van der Waals surface area contributed by atoms with Crippen LogP contribution in [-0.4, -0.2) is 61.1 Å². The van der Waals surface area contributed by atoms with E-state index < -0.39 is 0 Å². The Morgan fingerprint density at radius 1 is 1.03 bits per heavy atom. The van der Waals surface area contributed by atoms with Gasteiger partial charge < -0.3 is 15.0 Å². The van der Waals surface area contributed by atoms with Gasteiger partial charge in [0.2, 0.25) is 0 Å². The highest BCUT2D eigenvalue weighted by Crippen LogP contribution is 2.19. The molecule has 1 aromatic rings. The second kappa shape index (κ2) is 13.9. The predicted molar refractivity (Wildman–Crippen MR) is 137 cm³/mol. The summed E-state index contributed by atoms with van der Waals surface area (Å²) in [6.07, 6.45) is 5.69. The average Bonchev–Trinajstić information content (AvgIpc) is 2.79. The quantitative estimate of drug-likeness (QED) is 0.244. The molecule has 0 amide bonds. The van der Waals surface area contributed by atoms with Crippen LogP contribution in [0.3, 0.4) is 0 Å². The minimum absolute atomic E-state index is 0. The zero-order chi connectivity index (χ0) is 21.2. The number of likely N-dealkylation sites (tertiary alicyclic amines) is 2. The van der Waals surface area contributed by atoms with Gasteiger partial charge >= 0.3 is 5.97 Å². The molecular formula is C24H39IN4O2. The number of hydrogen-bond acceptors (Lipinski definition) is 4. The summed E-state index contributed by atoms with van der Waals surface area (Å²) in [5.41, 5.74) is 2.62. The molecule has 2 heterocycles. The zero-order valence-corrected chi connectivity index (χ0v) is 21.5. The molecule has 6 nitrogen and oxygen atoms in total. The molecule has 2 aliphatic rings. The molecule has 2 aliphatic heterocycles. The number of hydrogen-bond donors (Lipinski definition) is 1. The number of guanidine groups is 1. The Morgan fingerprint density at radius 2 is 1.68 bits per heavy atom. The van der Waals surface area contributed by atoms with E-state index in [2.05, 4.69) is 46.3 Å². The topological polar surface area (TPSA) is 57.2 Å². The van der Waals surface area contributed by atoms with Gasteiger partial charge in [0.25, 0.3) is 0 Å². The lowest BCUT2D eigenvalue weighted by atomic mass is 9.97. The highest BCUT2D eigenvalue weighted by molar-refractivity contribution is 14.0. The molecular weight excluding hydrogens is 503 g/mol. The van der Waals surface area contributed by atoms with Gasteiger partial charge in [-0.25, -0.2) is 4.99 Å². The van der Waals surface area contributed by atoms with Gasteiger partial charge in [0.1, 0.15) is 0 Å². The summed E-state index contributed by atoms with van der Waals surface area (Å²) >= 11 is 0. The molecule has 0 spiro atoms. The highest BCUT2D eigenvalue weighted by Gasteiger charge is 2.27. The van der Waals surface area contributed by atoms with Crippen molar-refractivity contribution in [2.45, 2.75) is 59.0 Å². The second-order valence-electron chi connectivity index (χ2n) is 8.34. The predicted octanol–water partition coefficient (Wildman–Crippen LogP) is 4.03. The Bertz CT molecular complexity index is 681. The van der Waals surface area contributed by atoms with E-state index in [-0.39, 0.29) is 35.9 Å². The van der Waals surface area contributed by atoms with Crippen LogP contribution in [0.4, 0.5) is 0 Å². The largest absolute Gasteiger partial charge is 0.466 e. The molecule has 0 bridgehead atoms. The summed E-state index contributed by atoms with van der Waals surface area (Å²) in [7, 11) is 0. The molecule has 0 aliphatic carbocycles. The van der Waals surface area contributed by atoms with Crippen LogP contribution in [0.25, 0.3) is 0 Å². The minimum atomic E-state index is -0.0521. The molecule has 0 radical (unpaired) electrons. The van der Waals surface area contributed by atoms with Crippen molar-refractivity contribution in [3.63, 3.8) is 0 Å². The SMILES string of the molecule is CCNC(=NCc1ccc(CN2CCCCC2)cc1)N1CCC(C(=O)OCC)CC1.I. The van der Waals surface area contributed by atoms with Crippen molar-refractivity contribution < 1.29 is 9.53 Å². The van der Waals surface area contributed by atoms with Crippen LogP contribution in [0, 0.1) is 5.92 Å². The smallest absolute Gasteiger partial charge is 0.309 e. The molecule has 0 unspecified atom stereocenters. The van der Waals surface area contributed by atoms with E-state index >= 15 is 0 Å². The van der Waals surface area contributed by atoms with E-state index in [4.69, 9.17) is 9.73 Å². The summed E-state index contributed by atoms with van der Waals surface area (Å²) in [6.45, 7) is 11.1. The summed E-state index contributed by atoms with van der Waals surface area (Å²) < 4.78 is 5.18. The number of esters is 1. The molecule has 31 heavy (non-hydrogen) atoms. The summed E-state index contributed by atoms with van der Waals surface area (Å²) in [6, 6.07) is 8.91. The van der Waals surface area contributed by atoms with Crippen LogP contribution in [0.2, 0.25) is 0 Å². The Labute approximate surface area is 204 Å². The lowest BCUT2D eigenvalue weighted by molar-refractivity contribution is -0.149. The van der Waals surface area contributed by atoms with Gasteiger partial charge in [-0.2, -0.15) is 0 Å². The third kappa shape index (κ3) is 8.25. The first-order chi connectivity index (χ1) is 14.7. The maximum Gasteiger partial charge on any atom is 0.309 e. The fourth-order valence-corrected chi connectivity index (χ4v) is 4.30. The van der Waals surface area contributed by atoms with Gasteiger partial charge in [-0.1, -0.05) is 30.7 Å². The number of nitrogens with zero attached hydrogens (tertiary/aromatic N) is 3. The summed E-state index contributed by atoms with van der Waals surface area (Å²) in [4.78, 5) is 21.7. The van der Waals surface area contributed by atoms with Gasteiger partial charge in [0.15, 0.2) is 5.96 Å². The molecule has 1 N–H and O–H groups in total. The van der Waals surface area contributed by atoms with Crippen molar-refractivity contribution in [3.05, 3.63) is 35.4 Å². The maximum absolute atomic E-state index is 12.0.